The van der Waals surface area contributed by atoms with Crippen LogP contribution in [0.5, 0.6) is 5.75 Å². The van der Waals surface area contributed by atoms with Crippen LogP contribution in [0.2, 0.25) is 0 Å². The highest BCUT2D eigenvalue weighted by Crippen LogP contribution is 2.28. The zero-order chi connectivity index (χ0) is 16.6. The summed E-state index contributed by atoms with van der Waals surface area (Å²) in [5, 5.41) is 2.81. The number of amides is 1. The van der Waals surface area contributed by atoms with Gasteiger partial charge in [-0.3, -0.25) is 4.79 Å². The zero-order valence-corrected chi connectivity index (χ0v) is 14.1. The molecule has 1 amide bonds. The van der Waals surface area contributed by atoms with Crippen LogP contribution in [0.3, 0.4) is 0 Å². The Kier molecular flexibility index (Phi) is 3.96. The van der Waals surface area contributed by atoms with Gasteiger partial charge in [-0.1, -0.05) is 15.9 Å². The molecule has 0 radical (unpaired) electrons. The number of methoxy groups -OCH3 is 1. The summed E-state index contributed by atoms with van der Waals surface area (Å²) < 4.78 is 6.13. The maximum atomic E-state index is 12.5. The van der Waals surface area contributed by atoms with E-state index in [1.165, 1.54) is 7.11 Å². The van der Waals surface area contributed by atoms with E-state index in [4.69, 9.17) is 4.74 Å². The van der Waals surface area contributed by atoms with Crippen molar-refractivity contribution in [2.75, 3.05) is 12.4 Å². The van der Waals surface area contributed by atoms with Gasteiger partial charge in [0.2, 0.25) is 0 Å². The molecule has 7 heteroatoms. The Morgan fingerprint density at radius 3 is 2.65 bits per heavy atom. The number of hydrogen-bond donors (Lipinski definition) is 3. The van der Waals surface area contributed by atoms with Gasteiger partial charge in [-0.15, -0.1) is 0 Å². The molecule has 23 heavy (non-hydrogen) atoms. The maximum absolute atomic E-state index is 12.5. The first-order valence-corrected chi connectivity index (χ1v) is 7.65. The van der Waals surface area contributed by atoms with Gasteiger partial charge in [0.25, 0.3) is 5.91 Å². The van der Waals surface area contributed by atoms with Crippen LogP contribution in [0.25, 0.3) is 11.0 Å². The van der Waals surface area contributed by atoms with E-state index in [-0.39, 0.29) is 11.6 Å². The predicted molar refractivity (Wildman–Crippen MR) is 92.3 cm³/mol. The Labute approximate surface area is 140 Å². The molecule has 118 valence electrons. The fourth-order valence-corrected chi connectivity index (χ4v) is 3.05. The number of H-pyrrole nitrogens is 2. The van der Waals surface area contributed by atoms with Crippen molar-refractivity contribution in [2.45, 2.75) is 6.92 Å². The number of carbonyl (C=O) groups is 1. The van der Waals surface area contributed by atoms with Gasteiger partial charge in [0.05, 0.1) is 23.7 Å². The molecular weight excluding hydrogens is 362 g/mol. The summed E-state index contributed by atoms with van der Waals surface area (Å²) in [7, 11) is 1.53. The first-order valence-electron chi connectivity index (χ1n) is 6.85. The number of anilines is 1. The van der Waals surface area contributed by atoms with Gasteiger partial charge < -0.3 is 20.0 Å². The van der Waals surface area contributed by atoms with Crippen LogP contribution in [0, 0.1) is 6.92 Å². The molecule has 0 unspecified atom stereocenters. The average Bonchev–Trinajstić information content (AvgIpc) is 2.85. The number of rotatable bonds is 3. The molecule has 3 aromatic rings. The van der Waals surface area contributed by atoms with Crippen LogP contribution in [0.15, 0.2) is 39.6 Å². The van der Waals surface area contributed by atoms with E-state index < -0.39 is 0 Å². The van der Waals surface area contributed by atoms with Crippen LogP contribution in [0.1, 0.15) is 15.9 Å². The molecule has 1 aromatic heterocycles. The molecule has 3 rings (SSSR count). The second kappa shape index (κ2) is 5.92. The molecule has 0 saturated carbocycles. The van der Waals surface area contributed by atoms with Crippen molar-refractivity contribution in [1.82, 2.24) is 9.97 Å². The Bertz CT molecular complexity index is 959. The number of hydrogen-bond acceptors (Lipinski definition) is 3. The maximum Gasteiger partial charge on any atom is 0.323 e. The molecule has 0 spiro atoms. The number of carbonyl (C=O) groups excluding carboxylic acids is 1. The third-order valence-electron chi connectivity index (χ3n) is 3.46. The number of aromatic amines is 2. The van der Waals surface area contributed by atoms with Crippen LogP contribution < -0.4 is 15.7 Å². The second-order valence-corrected chi connectivity index (χ2v) is 6.01. The van der Waals surface area contributed by atoms with Crippen molar-refractivity contribution in [3.8, 4) is 5.75 Å². The average molecular weight is 376 g/mol. The summed E-state index contributed by atoms with van der Waals surface area (Å²) in [5.41, 5.74) is 2.90. The number of nitrogens with one attached hydrogen (secondary N) is 3. The van der Waals surface area contributed by atoms with E-state index >= 15 is 0 Å². The van der Waals surface area contributed by atoms with E-state index in [1.807, 2.05) is 13.0 Å². The van der Waals surface area contributed by atoms with Crippen molar-refractivity contribution in [2.24, 2.45) is 0 Å². The normalized spacial score (nSPS) is 10.7. The number of aromatic nitrogens is 2. The fourth-order valence-electron chi connectivity index (χ4n) is 2.48. The van der Waals surface area contributed by atoms with Crippen LogP contribution >= 0.6 is 15.9 Å². The van der Waals surface area contributed by atoms with E-state index in [0.717, 1.165) is 10.0 Å². The van der Waals surface area contributed by atoms with Crippen molar-refractivity contribution in [1.29, 1.82) is 0 Å². The highest BCUT2D eigenvalue weighted by Gasteiger charge is 2.16. The number of imidazole rings is 1. The molecule has 0 saturated heterocycles. The first kappa shape index (κ1) is 15.4. The largest absolute Gasteiger partial charge is 0.496 e. The van der Waals surface area contributed by atoms with E-state index in [0.29, 0.717) is 28.0 Å². The lowest BCUT2D eigenvalue weighted by Gasteiger charge is -2.12. The Balaban J connectivity index is 1.95. The topological polar surface area (TPSA) is 87.0 Å². The minimum atomic E-state index is -0.288. The van der Waals surface area contributed by atoms with Gasteiger partial charge >= 0.3 is 5.69 Å². The smallest absolute Gasteiger partial charge is 0.323 e. The van der Waals surface area contributed by atoms with Crippen molar-refractivity contribution in [3.63, 3.8) is 0 Å². The van der Waals surface area contributed by atoms with E-state index in [2.05, 4.69) is 31.2 Å². The number of benzene rings is 2. The molecule has 3 N–H and O–H groups in total. The Hall–Kier alpha value is -2.54. The van der Waals surface area contributed by atoms with Crippen LogP contribution in [0.4, 0.5) is 5.69 Å². The summed E-state index contributed by atoms with van der Waals surface area (Å²) in [6.45, 7) is 1.87. The first-order chi connectivity index (χ1) is 11.0. The fraction of sp³-hybridized carbons (Fsp3) is 0.125. The molecule has 0 aliphatic carbocycles. The number of fused-ring (bicyclic) bond motifs is 1. The second-order valence-electron chi connectivity index (χ2n) is 5.10. The molecule has 0 atom stereocenters. The van der Waals surface area contributed by atoms with E-state index in [1.54, 1.807) is 24.3 Å². The van der Waals surface area contributed by atoms with Gasteiger partial charge in [-0.25, -0.2) is 4.79 Å². The monoisotopic (exact) mass is 375 g/mol. The van der Waals surface area contributed by atoms with Gasteiger partial charge in [0.1, 0.15) is 5.75 Å². The number of ether oxygens (including phenoxy) is 1. The zero-order valence-electron chi connectivity index (χ0n) is 12.5. The summed E-state index contributed by atoms with van der Waals surface area (Å²) >= 11 is 3.39. The lowest BCUT2D eigenvalue weighted by atomic mass is 10.1. The lowest BCUT2D eigenvalue weighted by Crippen LogP contribution is -2.13. The molecule has 1 heterocycles. The quantitative estimate of drug-likeness (QED) is 0.656. The standard InChI is InChI=1S/C16H14BrN3O3/c1-8-5-9(17)6-11(14(8)23-2)15(21)18-10-3-4-12-13(7-10)20-16(22)19-12/h3-7H,1-2H3,(H,18,21)(H2,19,20,22). The lowest BCUT2D eigenvalue weighted by molar-refractivity contribution is 0.102. The molecular formula is C16H14BrN3O3. The molecule has 0 bridgehead atoms. The highest BCUT2D eigenvalue weighted by molar-refractivity contribution is 9.10. The highest BCUT2D eigenvalue weighted by atomic mass is 79.9. The van der Waals surface area contributed by atoms with Crippen molar-refractivity contribution in [3.05, 3.63) is 56.4 Å². The molecule has 2 aromatic carbocycles. The van der Waals surface area contributed by atoms with Crippen LogP contribution in [-0.4, -0.2) is 23.0 Å². The minimum Gasteiger partial charge on any atom is -0.496 e. The predicted octanol–water partition coefficient (Wildman–Crippen LogP) is 3.19. The molecule has 0 fully saturated rings. The number of aryl methyl sites for hydroxylation is 1. The SMILES string of the molecule is COc1c(C)cc(Br)cc1C(=O)Nc1ccc2[nH]c(=O)[nH]c2c1. The Morgan fingerprint density at radius 1 is 1.17 bits per heavy atom. The summed E-state index contributed by atoms with van der Waals surface area (Å²) in [4.78, 5) is 29.1. The molecule has 6 nitrogen and oxygen atoms in total. The molecule has 0 aliphatic heterocycles. The van der Waals surface area contributed by atoms with E-state index in [9.17, 15) is 9.59 Å². The van der Waals surface area contributed by atoms with Gasteiger partial charge in [0, 0.05) is 10.2 Å². The van der Waals surface area contributed by atoms with Crippen LogP contribution in [-0.2, 0) is 0 Å². The minimum absolute atomic E-state index is 0.284. The van der Waals surface area contributed by atoms with Gasteiger partial charge in [-0.2, -0.15) is 0 Å². The van der Waals surface area contributed by atoms with Crippen molar-refractivity contribution >= 4 is 38.6 Å². The summed E-state index contributed by atoms with van der Waals surface area (Å²) in [5.74, 6) is 0.241. The third-order valence-corrected chi connectivity index (χ3v) is 3.92. The molecule has 0 aliphatic rings. The third kappa shape index (κ3) is 3.00. The van der Waals surface area contributed by atoms with Gasteiger partial charge in [0.15, 0.2) is 0 Å². The van der Waals surface area contributed by atoms with Crippen molar-refractivity contribution < 1.29 is 9.53 Å². The summed E-state index contributed by atoms with van der Waals surface area (Å²) in [6.07, 6.45) is 0. The summed E-state index contributed by atoms with van der Waals surface area (Å²) in [6, 6.07) is 8.74. The number of halogens is 1. The Morgan fingerprint density at radius 2 is 1.91 bits per heavy atom. The van der Waals surface area contributed by atoms with Gasteiger partial charge in [-0.05, 0) is 42.8 Å².